The smallest absolute Gasteiger partial charge is 0.251 e. The first-order chi connectivity index (χ1) is 9.67. The summed E-state index contributed by atoms with van der Waals surface area (Å²) >= 11 is 0. The maximum Gasteiger partial charge on any atom is 0.251 e. The highest BCUT2D eigenvalue weighted by Crippen LogP contribution is 2.49. The number of carbonyl (C=O) groups is 1. The van der Waals surface area contributed by atoms with Crippen LogP contribution in [-0.4, -0.2) is 19.1 Å². The van der Waals surface area contributed by atoms with Crippen molar-refractivity contribution in [2.45, 2.75) is 38.6 Å². The predicted octanol–water partition coefficient (Wildman–Crippen LogP) is 3.25. The molecule has 2 aliphatic carbocycles. The van der Waals surface area contributed by atoms with Crippen LogP contribution in [0.25, 0.3) is 0 Å². The van der Waals surface area contributed by atoms with E-state index in [1.54, 1.807) is 7.11 Å². The minimum Gasteiger partial charge on any atom is -0.497 e. The van der Waals surface area contributed by atoms with Gasteiger partial charge in [0.2, 0.25) is 0 Å². The van der Waals surface area contributed by atoms with Crippen LogP contribution in [0.3, 0.4) is 0 Å². The van der Waals surface area contributed by atoms with E-state index < -0.39 is 0 Å². The lowest BCUT2D eigenvalue weighted by atomic mass is 9.84. The summed E-state index contributed by atoms with van der Waals surface area (Å²) in [6, 6.07) is 7.58. The molecule has 108 valence electrons. The van der Waals surface area contributed by atoms with Crippen LogP contribution in [0.1, 0.15) is 43.0 Å². The summed E-state index contributed by atoms with van der Waals surface area (Å²) in [6.07, 6.45) is 5.44. The Labute approximate surface area is 120 Å². The Kier molecular flexibility index (Phi) is 3.68. The van der Waals surface area contributed by atoms with Gasteiger partial charge >= 0.3 is 0 Å². The molecule has 1 N–H and O–H groups in total. The highest BCUT2D eigenvalue weighted by atomic mass is 16.5. The number of ether oxygens (including phenoxy) is 1. The fourth-order valence-corrected chi connectivity index (χ4v) is 4.05. The number of hydrogen-bond donors (Lipinski definition) is 1. The summed E-state index contributed by atoms with van der Waals surface area (Å²) in [5, 5.41) is 3.18. The van der Waals surface area contributed by atoms with E-state index in [-0.39, 0.29) is 11.9 Å². The number of nitrogens with one attached hydrogen (secondary N) is 1. The summed E-state index contributed by atoms with van der Waals surface area (Å²) in [5.41, 5.74) is 0.709. The second kappa shape index (κ2) is 5.47. The SMILES string of the molecule is COc1ccc(C(=O)N[C@H](C)[C@@H]2C[C@@H]3CC[C@@H]2C3)cc1. The molecule has 0 aromatic heterocycles. The molecule has 1 amide bonds. The number of carbonyl (C=O) groups excluding carboxylic acids is 1. The van der Waals surface area contributed by atoms with Crippen molar-refractivity contribution < 1.29 is 9.53 Å². The van der Waals surface area contributed by atoms with Gasteiger partial charge in [0.25, 0.3) is 5.91 Å². The van der Waals surface area contributed by atoms with Crippen LogP contribution >= 0.6 is 0 Å². The molecule has 0 spiro atoms. The van der Waals surface area contributed by atoms with Crippen molar-refractivity contribution in [2.24, 2.45) is 17.8 Å². The zero-order chi connectivity index (χ0) is 14.1. The van der Waals surface area contributed by atoms with E-state index in [9.17, 15) is 4.79 Å². The van der Waals surface area contributed by atoms with Crippen molar-refractivity contribution in [3.05, 3.63) is 29.8 Å². The van der Waals surface area contributed by atoms with Gasteiger partial charge < -0.3 is 10.1 Å². The number of hydrogen-bond acceptors (Lipinski definition) is 2. The summed E-state index contributed by atoms with van der Waals surface area (Å²) in [5.74, 6) is 3.25. The lowest BCUT2D eigenvalue weighted by Gasteiger charge is -2.28. The molecule has 2 aliphatic rings. The Morgan fingerprint density at radius 2 is 2.00 bits per heavy atom. The van der Waals surface area contributed by atoms with E-state index in [1.165, 1.54) is 25.7 Å². The maximum absolute atomic E-state index is 12.3. The van der Waals surface area contributed by atoms with Gasteiger partial charge in [-0.25, -0.2) is 0 Å². The van der Waals surface area contributed by atoms with Gasteiger partial charge in [0.15, 0.2) is 0 Å². The minimum absolute atomic E-state index is 0.0305. The first-order valence-electron chi connectivity index (χ1n) is 7.62. The minimum atomic E-state index is 0.0305. The number of amides is 1. The van der Waals surface area contributed by atoms with Crippen molar-refractivity contribution in [1.29, 1.82) is 0 Å². The topological polar surface area (TPSA) is 38.3 Å². The van der Waals surface area contributed by atoms with Crippen molar-refractivity contribution >= 4 is 5.91 Å². The van der Waals surface area contributed by atoms with Crippen molar-refractivity contribution in [1.82, 2.24) is 5.32 Å². The van der Waals surface area contributed by atoms with Gasteiger partial charge in [-0.1, -0.05) is 6.42 Å². The maximum atomic E-state index is 12.3. The average Bonchev–Trinajstić information content (AvgIpc) is 3.10. The van der Waals surface area contributed by atoms with Crippen LogP contribution in [0, 0.1) is 17.8 Å². The van der Waals surface area contributed by atoms with Crippen LogP contribution in [0.5, 0.6) is 5.75 Å². The van der Waals surface area contributed by atoms with Crippen LogP contribution in [0.4, 0.5) is 0 Å². The Bertz CT molecular complexity index is 482. The Morgan fingerprint density at radius 1 is 1.25 bits per heavy atom. The molecule has 1 aromatic rings. The molecule has 20 heavy (non-hydrogen) atoms. The molecule has 3 rings (SSSR count). The molecule has 0 unspecified atom stereocenters. The molecule has 2 saturated carbocycles. The first kappa shape index (κ1) is 13.5. The normalized spacial score (nSPS) is 29.2. The van der Waals surface area contributed by atoms with Gasteiger partial charge in [-0.3, -0.25) is 4.79 Å². The number of fused-ring (bicyclic) bond motifs is 2. The van der Waals surface area contributed by atoms with E-state index >= 15 is 0 Å². The van der Waals surface area contributed by atoms with E-state index in [0.717, 1.165) is 17.6 Å². The second-order valence-corrected chi connectivity index (χ2v) is 6.33. The highest BCUT2D eigenvalue weighted by molar-refractivity contribution is 5.94. The van der Waals surface area contributed by atoms with Gasteiger partial charge in [-0.2, -0.15) is 0 Å². The quantitative estimate of drug-likeness (QED) is 0.914. The molecular formula is C17H23NO2. The zero-order valence-electron chi connectivity index (χ0n) is 12.3. The first-order valence-corrected chi connectivity index (χ1v) is 7.62. The molecule has 3 heteroatoms. The summed E-state index contributed by atoms with van der Waals surface area (Å²) in [6.45, 7) is 2.16. The molecule has 4 atom stereocenters. The fraction of sp³-hybridized carbons (Fsp3) is 0.588. The van der Waals surface area contributed by atoms with E-state index in [2.05, 4.69) is 12.2 Å². The van der Waals surface area contributed by atoms with Crippen molar-refractivity contribution in [2.75, 3.05) is 7.11 Å². The van der Waals surface area contributed by atoms with E-state index in [1.807, 2.05) is 24.3 Å². The number of benzene rings is 1. The third kappa shape index (κ3) is 2.54. The predicted molar refractivity (Wildman–Crippen MR) is 78.9 cm³/mol. The van der Waals surface area contributed by atoms with Crippen molar-refractivity contribution in [3.8, 4) is 5.75 Å². The van der Waals surface area contributed by atoms with Crippen LogP contribution in [0.15, 0.2) is 24.3 Å². The van der Waals surface area contributed by atoms with Crippen LogP contribution in [-0.2, 0) is 0 Å². The standard InChI is InChI=1S/C17H23NO2/c1-11(16-10-12-3-4-14(16)9-12)18-17(19)13-5-7-15(20-2)8-6-13/h5-8,11-12,14,16H,3-4,9-10H2,1-2H3,(H,18,19)/t11-,12-,14-,16+/m1/s1. The van der Waals surface area contributed by atoms with Gasteiger partial charge in [-0.05, 0) is 68.2 Å². The second-order valence-electron chi connectivity index (χ2n) is 6.33. The zero-order valence-corrected chi connectivity index (χ0v) is 12.3. The summed E-state index contributed by atoms with van der Waals surface area (Å²) < 4.78 is 5.11. The monoisotopic (exact) mass is 273 g/mol. The molecule has 0 radical (unpaired) electrons. The molecule has 1 aromatic carbocycles. The number of methoxy groups -OCH3 is 1. The van der Waals surface area contributed by atoms with E-state index in [4.69, 9.17) is 4.74 Å². The summed E-state index contributed by atoms with van der Waals surface area (Å²) in [4.78, 5) is 12.3. The lowest BCUT2D eigenvalue weighted by Crippen LogP contribution is -2.40. The lowest BCUT2D eigenvalue weighted by molar-refractivity contribution is 0.0915. The molecule has 2 fully saturated rings. The summed E-state index contributed by atoms with van der Waals surface area (Å²) in [7, 11) is 1.63. The van der Waals surface area contributed by atoms with Crippen molar-refractivity contribution in [3.63, 3.8) is 0 Å². The average molecular weight is 273 g/mol. The Balaban J connectivity index is 1.60. The number of rotatable bonds is 4. The van der Waals surface area contributed by atoms with Crippen LogP contribution in [0.2, 0.25) is 0 Å². The van der Waals surface area contributed by atoms with Crippen LogP contribution < -0.4 is 10.1 Å². The van der Waals surface area contributed by atoms with Gasteiger partial charge in [0.1, 0.15) is 5.75 Å². The molecule has 3 nitrogen and oxygen atoms in total. The van der Waals surface area contributed by atoms with E-state index in [0.29, 0.717) is 11.5 Å². The molecule has 0 saturated heterocycles. The largest absolute Gasteiger partial charge is 0.497 e. The van der Waals surface area contributed by atoms with Gasteiger partial charge in [0.05, 0.1) is 7.11 Å². The Hall–Kier alpha value is -1.51. The molecule has 2 bridgehead atoms. The van der Waals surface area contributed by atoms with Gasteiger partial charge in [0, 0.05) is 11.6 Å². The third-order valence-corrected chi connectivity index (χ3v) is 5.15. The molecule has 0 aliphatic heterocycles. The fourth-order valence-electron chi connectivity index (χ4n) is 4.05. The molecule has 0 heterocycles. The third-order valence-electron chi connectivity index (χ3n) is 5.15. The Morgan fingerprint density at radius 3 is 2.55 bits per heavy atom. The highest BCUT2D eigenvalue weighted by Gasteiger charge is 2.42. The molecular weight excluding hydrogens is 250 g/mol. The van der Waals surface area contributed by atoms with Gasteiger partial charge in [-0.15, -0.1) is 0 Å².